The van der Waals surface area contributed by atoms with E-state index in [2.05, 4.69) is 17.2 Å². The van der Waals surface area contributed by atoms with Gasteiger partial charge in [0.25, 0.3) is 0 Å². The van der Waals surface area contributed by atoms with Crippen LogP contribution in [-0.4, -0.2) is 54.8 Å². The van der Waals surface area contributed by atoms with Crippen LogP contribution in [0, 0.1) is 23.2 Å². The molecule has 1 aliphatic heterocycles. The molecule has 3 amide bonds. The van der Waals surface area contributed by atoms with Gasteiger partial charge in [-0.05, 0) is 56.4 Å². The van der Waals surface area contributed by atoms with Gasteiger partial charge in [-0.25, -0.2) is 8.78 Å². The molecule has 1 aromatic rings. The zero-order valence-electron chi connectivity index (χ0n) is 20.0. The molecule has 3 atom stereocenters. The standard InChI is InChI=1S/C25H32F2N4O4/c1-4-21(32)30-20-7-5-19(6-8-20)22(24(33)29-15-18-10-13-35-14-11-18)31(16(2)9-12-28)25(34)17(3)23(26)27/h4-8,16-18,22-23H,1,9-11,13-15H2,2-3H3,(H,29,33)(H,30,32). The molecule has 2 N–H and O–H groups in total. The number of nitrogens with one attached hydrogen (secondary N) is 2. The Morgan fingerprint density at radius 2 is 1.86 bits per heavy atom. The van der Waals surface area contributed by atoms with Gasteiger partial charge < -0.3 is 20.3 Å². The minimum absolute atomic E-state index is 0.140. The third-order valence-electron chi connectivity index (χ3n) is 6.00. The van der Waals surface area contributed by atoms with Crippen molar-refractivity contribution in [1.82, 2.24) is 10.2 Å². The van der Waals surface area contributed by atoms with E-state index < -0.39 is 42.1 Å². The average molecular weight is 491 g/mol. The van der Waals surface area contributed by atoms with Gasteiger partial charge in [-0.15, -0.1) is 0 Å². The van der Waals surface area contributed by atoms with Crippen molar-refractivity contribution < 1.29 is 27.9 Å². The summed E-state index contributed by atoms with van der Waals surface area (Å²) in [6.45, 7) is 7.59. The second kappa shape index (κ2) is 13.5. The van der Waals surface area contributed by atoms with Gasteiger partial charge in [-0.1, -0.05) is 18.7 Å². The van der Waals surface area contributed by atoms with Crippen molar-refractivity contribution in [3.05, 3.63) is 42.5 Å². The van der Waals surface area contributed by atoms with Gasteiger partial charge >= 0.3 is 0 Å². The van der Waals surface area contributed by atoms with Gasteiger partial charge in [-0.3, -0.25) is 14.4 Å². The lowest BCUT2D eigenvalue weighted by Crippen LogP contribution is -2.51. The Hall–Kier alpha value is -3.32. The fourth-order valence-corrected chi connectivity index (χ4v) is 3.84. The van der Waals surface area contributed by atoms with Crippen LogP contribution in [0.2, 0.25) is 0 Å². The van der Waals surface area contributed by atoms with Crippen LogP contribution >= 0.6 is 0 Å². The molecule has 3 unspecified atom stereocenters. The lowest BCUT2D eigenvalue weighted by atomic mass is 9.97. The molecule has 10 heteroatoms. The van der Waals surface area contributed by atoms with E-state index in [4.69, 9.17) is 4.74 Å². The SMILES string of the molecule is C=CC(=O)Nc1ccc(C(C(=O)NCC2CCOCC2)N(C(=O)C(C)C(F)F)C(C)CC#N)cc1. The van der Waals surface area contributed by atoms with Crippen LogP contribution in [0.1, 0.15) is 44.7 Å². The summed E-state index contributed by atoms with van der Waals surface area (Å²) in [6.07, 6.45) is -0.409. The van der Waals surface area contributed by atoms with Crippen molar-refractivity contribution in [2.45, 2.75) is 51.6 Å². The first-order valence-electron chi connectivity index (χ1n) is 11.6. The molecule has 0 aliphatic carbocycles. The molecule has 1 aliphatic rings. The predicted molar refractivity (Wildman–Crippen MR) is 126 cm³/mol. The van der Waals surface area contributed by atoms with E-state index in [1.54, 1.807) is 31.2 Å². The molecule has 1 saturated heterocycles. The van der Waals surface area contributed by atoms with Crippen LogP contribution in [0.3, 0.4) is 0 Å². The normalized spacial score (nSPS) is 16.5. The number of nitriles is 1. The summed E-state index contributed by atoms with van der Waals surface area (Å²) in [5.74, 6) is -3.33. The second-order valence-corrected chi connectivity index (χ2v) is 8.60. The minimum atomic E-state index is -2.93. The number of halogens is 2. The molecule has 8 nitrogen and oxygen atoms in total. The summed E-state index contributed by atoms with van der Waals surface area (Å²) in [4.78, 5) is 39.3. The number of rotatable bonds is 11. The van der Waals surface area contributed by atoms with E-state index in [1.165, 1.54) is 0 Å². The largest absolute Gasteiger partial charge is 0.381 e. The van der Waals surface area contributed by atoms with Crippen LogP contribution in [-0.2, 0) is 19.1 Å². The number of carbonyl (C=O) groups is 3. The van der Waals surface area contributed by atoms with E-state index in [9.17, 15) is 28.4 Å². The Balaban J connectivity index is 2.42. The van der Waals surface area contributed by atoms with Crippen molar-refractivity contribution in [2.24, 2.45) is 11.8 Å². The molecule has 190 valence electrons. The highest BCUT2D eigenvalue weighted by atomic mass is 19.3. The van der Waals surface area contributed by atoms with Crippen LogP contribution in [0.25, 0.3) is 0 Å². The second-order valence-electron chi connectivity index (χ2n) is 8.60. The molecule has 1 aromatic carbocycles. The smallest absolute Gasteiger partial charge is 0.249 e. The summed E-state index contributed by atoms with van der Waals surface area (Å²) >= 11 is 0. The number of hydrogen-bond acceptors (Lipinski definition) is 5. The van der Waals surface area contributed by atoms with Crippen LogP contribution < -0.4 is 10.6 Å². The Bertz CT molecular complexity index is 926. The fourth-order valence-electron chi connectivity index (χ4n) is 3.84. The Morgan fingerprint density at radius 3 is 2.40 bits per heavy atom. The molecule has 1 fully saturated rings. The molecule has 0 aromatic heterocycles. The maximum absolute atomic E-state index is 13.5. The topological polar surface area (TPSA) is 112 Å². The number of benzene rings is 1. The van der Waals surface area contributed by atoms with Crippen molar-refractivity contribution in [3.8, 4) is 6.07 Å². The van der Waals surface area contributed by atoms with Crippen LogP contribution in [0.5, 0.6) is 0 Å². The molecular formula is C25H32F2N4O4. The van der Waals surface area contributed by atoms with Crippen LogP contribution in [0.15, 0.2) is 36.9 Å². The first-order chi connectivity index (χ1) is 16.7. The third-order valence-corrected chi connectivity index (χ3v) is 6.00. The minimum Gasteiger partial charge on any atom is -0.381 e. The van der Waals surface area contributed by atoms with Gasteiger partial charge in [0, 0.05) is 31.5 Å². The zero-order valence-corrected chi connectivity index (χ0v) is 20.0. The Labute approximate surface area is 204 Å². The van der Waals surface area contributed by atoms with E-state index in [0.29, 0.717) is 31.0 Å². The molecule has 0 spiro atoms. The highest BCUT2D eigenvalue weighted by Crippen LogP contribution is 2.29. The van der Waals surface area contributed by atoms with E-state index in [0.717, 1.165) is 30.7 Å². The molecule has 35 heavy (non-hydrogen) atoms. The third kappa shape index (κ3) is 7.86. The fraction of sp³-hybridized carbons (Fsp3) is 0.520. The highest BCUT2D eigenvalue weighted by molar-refractivity contribution is 5.99. The number of alkyl halides is 2. The van der Waals surface area contributed by atoms with Gasteiger partial charge in [0.05, 0.1) is 18.4 Å². The highest BCUT2D eigenvalue weighted by Gasteiger charge is 2.39. The Morgan fingerprint density at radius 1 is 1.23 bits per heavy atom. The molecule has 2 rings (SSSR count). The predicted octanol–water partition coefficient (Wildman–Crippen LogP) is 3.43. The van der Waals surface area contributed by atoms with E-state index in [1.807, 2.05) is 6.07 Å². The maximum atomic E-state index is 13.5. The van der Waals surface area contributed by atoms with Crippen molar-refractivity contribution in [1.29, 1.82) is 5.26 Å². The number of anilines is 1. The molecule has 0 radical (unpaired) electrons. The van der Waals surface area contributed by atoms with Gasteiger partial charge in [0.15, 0.2) is 0 Å². The lowest BCUT2D eigenvalue weighted by molar-refractivity contribution is -0.150. The van der Waals surface area contributed by atoms with Crippen LogP contribution in [0.4, 0.5) is 14.5 Å². The summed E-state index contributed by atoms with van der Waals surface area (Å²) in [7, 11) is 0. The summed E-state index contributed by atoms with van der Waals surface area (Å²) in [6, 6.07) is 6.10. The molecular weight excluding hydrogens is 458 g/mol. The number of carbonyl (C=O) groups excluding carboxylic acids is 3. The summed E-state index contributed by atoms with van der Waals surface area (Å²) in [5, 5.41) is 14.7. The van der Waals surface area contributed by atoms with Crippen molar-refractivity contribution in [3.63, 3.8) is 0 Å². The quantitative estimate of drug-likeness (QED) is 0.462. The number of amides is 3. The molecule has 0 saturated carbocycles. The lowest BCUT2D eigenvalue weighted by Gasteiger charge is -2.37. The molecule has 0 bridgehead atoms. The first kappa shape index (κ1) is 27.9. The van der Waals surface area contributed by atoms with Gasteiger partial charge in [-0.2, -0.15) is 5.26 Å². The number of nitrogens with zero attached hydrogens (tertiary/aromatic N) is 2. The molecule has 1 heterocycles. The van der Waals surface area contributed by atoms with E-state index in [-0.39, 0.29) is 12.3 Å². The van der Waals surface area contributed by atoms with E-state index >= 15 is 0 Å². The van der Waals surface area contributed by atoms with Gasteiger partial charge in [0.2, 0.25) is 24.1 Å². The summed E-state index contributed by atoms with van der Waals surface area (Å²) < 4.78 is 32.3. The van der Waals surface area contributed by atoms with Crippen molar-refractivity contribution >= 4 is 23.4 Å². The Kier molecular flexibility index (Phi) is 10.8. The summed E-state index contributed by atoms with van der Waals surface area (Å²) in [5.41, 5.74) is 0.801. The van der Waals surface area contributed by atoms with Crippen molar-refractivity contribution in [2.75, 3.05) is 25.1 Å². The first-order valence-corrected chi connectivity index (χ1v) is 11.6. The number of ether oxygens (including phenoxy) is 1. The maximum Gasteiger partial charge on any atom is 0.249 e. The average Bonchev–Trinajstić information content (AvgIpc) is 2.86. The van der Waals surface area contributed by atoms with Gasteiger partial charge in [0.1, 0.15) is 6.04 Å². The zero-order chi connectivity index (χ0) is 26.0. The number of hydrogen-bond donors (Lipinski definition) is 2. The monoisotopic (exact) mass is 490 g/mol.